The number of nitrogens with one attached hydrogen (secondary N) is 1. The van der Waals surface area contributed by atoms with E-state index in [4.69, 9.17) is 5.73 Å². The van der Waals surface area contributed by atoms with Gasteiger partial charge < -0.3 is 11.1 Å². The molecule has 1 heterocycles. The quantitative estimate of drug-likeness (QED) is 0.868. The van der Waals surface area contributed by atoms with Gasteiger partial charge in [0.2, 0.25) is 5.91 Å². The summed E-state index contributed by atoms with van der Waals surface area (Å²) in [5.74, 6) is -0.175. The number of nitrogens with two attached hydrogens (primary N) is 1. The summed E-state index contributed by atoms with van der Waals surface area (Å²) in [4.78, 5) is 11.8. The van der Waals surface area contributed by atoms with Crippen molar-refractivity contribution in [3.05, 3.63) is 39.5 Å². The second-order valence-electron chi connectivity index (χ2n) is 3.62. The van der Waals surface area contributed by atoms with E-state index in [9.17, 15) is 4.79 Å². The van der Waals surface area contributed by atoms with Crippen molar-refractivity contribution in [1.82, 2.24) is 9.78 Å². The number of benzene rings is 1. The Kier molecular flexibility index (Phi) is 4.03. The van der Waals surface area contributed by atoms with Gasteiger partial charge in [0.05, 0.1) is 17.6 Å². The first-order valence-corrected chi connectivity index (χ1v) is 6.66. The molecule has 0 aliphatic rings. The highest BCUT2D eigenvalue weighted by Gasteiger charge is 2.09. The Balaban J connectivity index is 2.08. The smallest absolute Gasteiger partial charge is 0.246 e. The maximum absolute atomic E-state index is 11.8. The molecule has 0 atom stereocenters. The Morgan fingerprint density at radius 2 is 2.06 bits per heavy atom. The third-order valence-corrected chi connectivity index (χ3v) is 3.51. The fraction of sp³-hybridized carbons (Fsp3) is 0.0909. The summed E-state index contributed by atoms with van der Waals surface area (Å²) in [6.45, 7) is 0.116. The molecule has 0 saturated carbocycles. The highest BCUT2D eigenvalue weighted by atomic mass is 79.9. The summed E-state index contributed by atoms with van der Waals surface area (Å²) in [5, 5.41) is 6.75. The minimum atomic E-state index is -0.175. The SMILES string of the molecule is Nc1cnn(CC(=O)Nc2c(Br)cccc2Br)c1. The Bertz CT molecular complexity index is 562. The summed E-state index contributed by atoms with van der Waals surface area (Å²) in [5.41, 5.74) is 6.75. The van der Waals surface area contributed by atoms with Crippen LogP contribution in [-0.4, -0.2) is 15.7 Å². The average molecular weight is 374 g/mol. The van der Waals surface area contributed by atoms with Gasteiger partial charge in [0.1, 0.15) is 6.54 Å². The molecule has 0 unspecified atom stereocenters. The zero-order valence-corrected chi connectivity index (χ0v) is 12.4. The lowest BCUT2D eigenvalue weighted by Crippen LogP contribution is -2.19. The Hall–Kier alpha value is -1.34. The summed E-state index contributed by atoms with van der Waals surface area (Å²) in [6, 6.07) is 5.58. The minimum absolute atomic E-state index is 0.116. The lowest BCUT2D eigenvalue weighted by atomic mass is 10.3. The number of anilines is 2. The van der Waals surface area contributed by atoms with E-state index < -0.39 is 0 Å². The molecule has 7 heteroatoms. The summed E-state index contributed by atoms with van der Waals surface area (Å²) in [6.07, 6.45) is 3.11. The fourth-order valence-electron chi connectivity index (χ4n) is 1.41. The van der Waals surface area contributed by atoms with Crippen LogP contribution in [0, 0.1) is 0 Å². The number of nitrogens with zero attached hydrogens (tertiary/aromatic N) is 2. The van der Waals surface area contributed by atoms with Gasteiger partial charge in [0.15, 0.2) is 0 Å². The van der Waals surface area contributed by atoms with Crippen molar-refractivity contribution < 1.29 is 4.79 Å². The van der Waals surface area contributed by atoms with Crippen LogP contribution in [0.2, 0.25) is 0 Å². The number of halogens is 2. The molecule has 0 fully saturated rings. The minimum Gasteiger partial charge on any atom is -0.396 e. The molecule has 1 aromatic heterocycles. The fourth-order valence-corrected chi connectivity index (χ4v) is 2.61. The number of para-hydroxylation sites is 1. The molecule has 0 bridgehead atoms. The topological polar surface area (TPSA) is 72.9 Å². The number of carbonyl (C=O) groups is 1. The number of rotatable bonds is 3. The summed E-state index contributed by atoms with van der Waals surface area (Å²) < 4.78 is 3.10. The second kappa shape index (κ2) is 5.53. The molecule has 0 spiro atoms. The molecule has 1 aromatic carbocycles. The third kappa shape index (κ3) is 3.11. The van der Waals surface area contributed by atoms with Crippen LogP contribution >= 0.6 is 31.9 Å². The first-order valence-electron chi connectivity index (χ1n) is 5.08. The molecule has 18 heavy (non-hydrogen) atoms. The van der Waals surface area contributed by atoms with E-state index in [0.717, 1.165) is 8.95 Å². The van der Waals surface area contributed by atoms with E-state index in [1.54, 1.807) is 6.20 Å². The van der Waals surface area contributed by atoms with Crippen molar-refractivity contribution in [3.63, 3.8) is 0 Å². The Morgan fingerprint density at radius 3 is 2.61 bits per heavy atom. The predicted molar refractivity (Wildman–Crippen MR) is 77.1 cm³/mol. The standard InChI is InChI=1S/C11H10Br2N4O/c12-8-2-1-3-9(13)11(8)16-10(18)6-17-5-7(14)4-15-17/h1-5H,6,14H2,(H,16,18). The molecule has 5 nitrogen and oxygen atoms in total. The summed E-state index contributed by atoms with van der Waals surface area (Å²) in [7, 11) is 0. The Labute approximate surface area is 121 Å². The van der Waals surface area contributed by atoms with Gasteiger partial charge in [-0.3, -0.25) is 9.48 Å². The maximum atomic E-state index is 11.8. The van der Waals surface area contributed by atoms with Crippen molar-refractivity contribution >= 4 is 49.1 Å². The van der Waals surface area contributed by atoms with Gasteiger partial charge in [0.25, 0.3) is 0 Å². The van der Waals surface area contributed by atoms with Crippen molar-refractivity contribution in [1.29, 1.82) is 0 Å². The molecule has 1 amide bonds. The highest BCUT2D eigenvalue weighted by Crippen LogP contribution is 2.30. The van der Waals surface area contributed by atoms with E-state index in [0.29, 0.717) is 11.4 Å². The normalized spacial score (nSPS) is 10.3. The number of amides is 1. The lowest BCUT2D eigenvalue weighted by molar-refractivity contribution is -0.116. The second-order valence-corrected chi connectivity index (χ2v) is 5.32. The van der Waals surface area contributed by atoms with Crippen molar-refractivity contribution in [2.75, 3.05) is 11.1 Å². The molecule has 2 aromatic rings. The number of carbonyl (C=O) groups excluding carboxylic acids is 1. The van der Waals surface area contributed by atoms with Crippen molar-refractivity contribution in [2.24, 2.45) is 0 Å². The van der Waals surface area contributed by atoms with Gasteiger partial charge in [-0.25, -0.2) is 0 Å². The van der Waals surface area contributed by atoms with Crippen LogP contribution in [0.15, 0.2) is 39.5 Å². The van der Waals surface area contributed by atoms with Crippen molar-refractivity contribution in [2.45, 2.75) is 6.54 Å². The molecule has 0 aliphatic heterocycles. The molecule has 94 valence electrons. The van der Waals surface area contributed by atoms with E-state index in [1.165, 1.54) is 10.9 Å². The predicted octanol–water partition coefficient (Wildman–Crippen LogP) is 2.63. The zero-order chi connectivity index (χ0) is 13.1. The monoisotopic (exact) mass is 372 g/mol. The molecule has 2 rings (SSSR count). The van der Waals surface area contributed by atoms with Crippen LogP contribution in [0.1, 0.15) is 0 Å². The molecule has 3 N–H and O–H groups in total. The van der Waals surface area contributed by atoms with Gasteiger partial charge in [-0.05, 0) is 44.0 Å². The Morgan fingerprint density at radius 1 is 1.39 bits per heavy atom. The first kappa shape index (κ1) is 13.1. The van der Waals surface area contributed by atoms with E-state index in [-0.39, 0.29) is 12.5 Å². The van der Waals surface area contributed by atoms with Gasteiger partial charge in [-0.2, -0.15) is 5.10 Å². The third-order valence-electron chi connectivity index (χ3n) is 2.19. The number of hydrogen-bond donors (Lipinski definition) is 2. The molecular formula is C11H10Br2N4O. The number of nitrogen functional groups attached to an aromatic ring is 1. The van der Waals surface area contributed by atoms with Gasteiger partial charge in [-0.15, -0.1) is 0 Å². The zero-order valence-electron chi connectivity index (χ0n) is 9.23. The van der Waals surface area contributed by atoms with Crippen molar-refractivity contribution in [3.8, 4) is 0 Å². The van der Waals surface area contributed by atoms with Gasteiger partial charge >= 0.3 is 0 Å². The van der Waals surface area contributed by atoms with Crippen LogP contribution in [0.3, 0.4) is 0 Å². The highest BCUT2D eigenvalue weighted by molar-refractivity contribution is 9.11. The number of hydrogen-bond acceptors (Lipinski definition) is 3. The van der Waals surface area contributed by atoms with E-state index in [2.05, 4.69) is 42.3 Å². The van der Waals surface area contributed by atoms with E-state index in [1.807, 2.05) is 18.2 Å². The average Bonchev–Trinajstić information content (AvgIpc) is 2.69. The maximum Gasteiger partial charge on any atom is 0.246 e. The van der Waals surface area contributed by atoms with E-state index >= 15 is 0 Å². The molecule has 0 saturated heterocycles. The van der Waals surface area contributed by atoms with Gasteiger partial charge in [-0.1, -0.05) is 6.07 Å². The van der Waals surface area contributed by atoms with Gasteiger partial charge in [0, 0.05) is 15.1 Å². The summed E-state index contributed by atoms with van der Waals surface area (Å²) >= 11 is 6.76. The van der Waals surface area contributed by atoms with Crippen LogP contribution in [0.5, 0.6) is 0 Å². The van der Waals surface area contributed by atoms with Crippen LogP contribution < -0.4 is 11.1 Å². The number of aromatic nitrogens is 2. The molecule has 0 aliphatic carbocycles. The molecule has 0 radical (unpaired) electrons. The molecular weight excluding hydrogens is 364 g/mol. The van der Waals surface area contributed by atoms with Crippen LogP contribution in [0.4, 0.5) is 11.4 Å². The first-order chi connectivity index (χ1) is 8.56. The largest absolute Gasteiger partial charge is 0.396 e. The van der Waals surface area contributed by atoms with Crippen LogP contribution in [-0.2, 0) is 11.3 Å². The lowest BCUT2D eigenvalue weighted by Gasteiger charge is -2.09. The van der Waals surface area contributed by atoms with Crippen LogP contribution in [0.25, 0.3) is 0 Å².